The van der Waals surface area contributed by atoms with E-state index in [-0.39, 0.29) is 12.0 Å². The smallest absolute Gasteiger partial charge is 0.241 e. The van der Waals surface area contributed by atoms with Gasteiger partial charge in [0.15, 0.2) is 0 Å². The molecular formula is C5H8NO2. The third-order valence-electron chi connectivity index (χ3n) is 1.17. The van der Waals surface area contributed by atoms with E-state index in [0.717, 1.165) is 0 Å². The highest BCUT2D eigenvalue weighted by Crippen LogP contribution is 2.01. The first kappa shape index (κ1) is 5.56. The lowest BCUT2D eigenvalue weighted by molar-refractivity contribution is -0.124. The Bertz CT molecular complexity index is 92.6. The molecule has 1 saturated heterocycles. The predicted molar refractivity (Wildman–Crippen MR) is 27.2 cm³/mol. The standard InChI is InChI=1S/C5H8NO2/c7-4-1-2-5(8)6-3-4/h4,7H,1-3H2. The van der Waals surface area contributed by atoms with Crippen LogP contribution in [0.5, 0.6) is 0 Å². The van der Waals surface area contributed by atoms with E-state index in [2.05, 4.69) is 5.32 Å². The van der Waals surface area contributed by atoms with Crippen molar-refractivity contribution in [3.05, 3.63) is 0 Å². The van der Waals surface area contributed by atoms with Crippen molar-refractivity contribution in [2.24, 2.45) is 0 Å². The fourth-order valence-corrected chi connectivity index (χ4v) is 0.668. The Morgan fingerprint density at radius 2 is 2.50 bits per heavy atom. The van der Waals surface area contributed by atoms with Crippen LogP contribution in [0, 0.1) is 0 Å². The van der Waals surface area contributed by atoms with Crippen LogP contribution in [-0.2, 0) is 4.79 Å². The number of piperidine rings is 1. The first-order valence-electron chi connectivity index (χ1n) is 2.67. The number of amides is 1. The summed E-state index contributed by atoms with van der Waals surface area (Å²) in [5.41, 5.74) is 0. The lowest BCUT2D eigenvalue weighted by atomic mass is 10.1. The van der Waals surface area contributed by atoms with E-state index >= 15 is 0 Å². The summed E-state index contributed by atoms with van der Waals surface area (Å²) in [7, 11) is 0. The number of nitrogens with zero attached hydrogens (tertiary/aromatic N) is 1. The minimum absolute atomic E-state index is 0.0738. The van der Waals surface area contributed by atoms with Gasteiger partial charge in [-0.3, -0.25) is 4.79 Å². The van der Waals surface area contributed by atoms with Crippen LogP contribution in [0.3, 0.4) is 0 Å². The van der Waals surface area contributed by atoms with E-state index in [1.807, 2.05) is 0 Å². The van der Waals surface area contributed by atoms with Crippen LogP contribution in [0.15, 0.2) is 0 Å². The van der Waals surface area contributed by atoms with Gasteiger partial charge < -0.3 is 5.11 Å². The molecule has 0 spiro atoms. The van der Waals surface area contributed by atoms with Crippen LogP contribution in [0.4, 0.5) is 0 Å². The zero-order valence-corrected chi connectivity index (χ0v) is 4.50. The van der Waals surface area contributed by atoms with Gasteiger partial charge in [0.25, 0.3) is 0 Å². The molecule has 1 N–H and O–H groups in total. The Hall–Kier alpha value is -0.570. The third-order valence-corrected chi connectivity index (χ3v) is 1.17. The van der Waals surface area contributed by atoms with Gasteiger partial charge in [0, 0.05) is 6.42 Å². The predicted octanol–water partition coefficient (Wildman–Crippen LogP) is -0.728. The molecule has 1 amide bonds. The Kier molecular flexibility index (Phi) is 1.48. The monoisotopic (exact) mass is 114 g/mol. The van der Waals surface area contributed by atoms with Crippen molar-refractivity contribution in [3.63, 3.8) is 0 Å². The second-order valence-corrected chi connectivity index (χ2v) is 1.93. The first-order valence-corrected chi connectivity index (χ1v) is 2.67. The van der Waals surface area contributed by atoms with E-state index in [1.165, 1.54) is 0 Å². The molecule has 0 aromatic rings. The van der Waals surface area contributed by atoms with Crippen molar-refractivity contribution in [1.29, 1.82) is 0 Å². The molecule has 0 bridgehead atoms. The zero-order valence-electron chi connectivity index (χ0n) is 4.50. The fourth-order valence-electron chi connectivity index (χ4n) is 0.668. The van der Waals surface area contributed by atoms with Crippen molar-refractivity contribution in [2.75, 3.05) is 6.54 Å². The van der Waals surface area contributed by atoms with Gasteiger partial charge in [-0.05, 0) is 6.42 Å². The van der Waals surface area contributed by atoms with Crippen molar-refractivity contribution < 1.29 is 9.90 Å². The van der Waals surface area contributed by atoms with Crippen molar-refractivity contribution in [3.8, 4) is 0 Å². The quantitative estimate of drug-likeness (QED) is 0.451. The van der Waals surface area contributed by atoms with Crippen molar-refractivity contribution in [1.82, 2.24) is 5.32 Å². The Morgan fingerprint density at radius 1 is 1.75 bits per heavy atom. The van der Waals surface area contributed by atoms with Crippen LogP contribution in [0.25, 0.3) is 0 Å². The molecule has 1 atom stereocenters. The van der Waals surface area contributed by atoms with Crippen LogP contribution in [-0.4, -0.2) is 23.7 Å². The molecule has 3 nitrogen and oxygen atoms in total. The average Bonchev–Trinajstić information content (AvgIpc) is 1.77. The van der Waals surface area contributed by atoms with Crippen LogP contribution >= 0.6 is 0 Å². The largest absolute Gasteiger partial charge is 0.391 e. The summed E-state index contributed by atoms with van der Waals surface area (Å²) in [6, 6.07) is 0. The Labute approximate surface area is 47.7 Å². The summed E-state index contributed by atoms with van der Waals surface area (Å²) < 4.78 is 0. The highest BCUT2D eigenvalue weighted by molar-refractivity contribution is 5.76. The lowest BCUT2D eigenvalue weighted by Crippen LogP contribution is -2.32. The average molecular weight is 114 g/mol. The van der Waals surface area contributed by atoms with Gasteiger partial charge in [0.05, 0.1) is 12.6 Å². The highest BCUT2D eigenvalue weighted by atomic mass is 16.3. The molecule has 1 rings (SSSR count). The molecule has 1 aliphatic rings. The molecule has 1 unspecified atom stereocenters. The SMILES string of the molecule is O=C1CCC(O)C[N]1. The molecule has 8 heavy (non-hydrogen) atoms. The molecule has 0 aromatic carbocycles. The molecule has 0 aromatic heterocycles. The highest BCUT2D eigenvalue weighted by Gasteiger charge is 2.15. The van der Waals surface area contributed by atoms with Crippen LogP contribution in [0.2, 0.25) is 0 Å². The van der Waals surface area contributed by atoms with Gasteiger partial charge >= 0.3 is 0 Å². The molecule has 1 radical (unpaired) electrons. The van der Waals surface area contributed by atoms with E-state index in [1.54, 1.807) is 0 Å². The molecule has 0 aliphatic carbocycles. The van der Waals surface area contributed by atoms with Gasteiger partial charge in [0.1, 0.15) is 0 Å². The molecule has 3 heteroatoms. The number of rotatable bonds is 0. The van der Waals surface area contributed by atoms with Gasteiger partial charge in [-0.1, -0.05) is 0 Å². The number of hydrogen-bond acceptors (Lipinski definition) is 2. The first-order chi connectivity index (χ1) is 3.79. The van der Waals surface area contributed by atoms with E-state index < -0.39 is 0 Å². The summed E-state index contributed by atoms with van der Waals surface area (Å²) in [5, 5.41) is 12.3. The summed E-state index contributed by atoms with van der Waals surface area (Å²) >= 11 is 0. The van der Waals surface area contributed by atoms with E-state index in [4.69, 9.17) is 5.11 Å². The van der Waals surface area contributed by atoms with E-state index in [9.17, 15) is 4.79 Å². The number of aliphatic hydroxyl groups is 1. The number of carbonyl (C=O) groups is 1. The third kappa shape index (κ3) is 1.20. The minimum Gasteiger partial charge on any atom is -0.391 e. The van der Waals surface area contributed by atoms with Gasteiger partial charge in [-0.25, -0.2) is 5.32 Å². The number of aliphatic hydroxyl groups excluding tert-OH is 1. The van der Waals surface area contributed by atoms with Gasteiger partial charge in [0.2, 0.25) is 5.91 Å². The Morgan fingerprint density at radius 3 is 2.88 bits per heavy atom. The molecule has 1 heterocycles. The molecule has 45 valence electrons. The van der Waals surface area contributed by atoms with Crippen molar-refractivity contribution >= 4 is 5.91 Å². The maximum Gasteiger partial charge on any atom is 0.241 e. The number of hydrogen-bond donors (Lipinski definition) is 1. The zero-order chi connectivity index (χ0) is 5.98. The van der Waals surface area contributed by atoms with E-state index in [0.29, 0.717) is 19.4 Å². The summed E-state index contributed by atoms with van der Waals surface area (Å²) in [6.07, 6.45) is 0.636. The fraction of sp³-hybridized carbons (Fsp3) is 0.800. The topological polar surface area (TPSA) is 51.4 Å². The van der Waals surface area contributed by atoms with Crippen LogP contribution in [0.1, 0.15) is 12.8 Å². The summed E-state index contributed by atoms with van der Waals surface area (Å²) in [4.78, 5) is 10.3. The van der Waals surface area contributed by atoms with Crippen molar-refractivity contribution in [2.45, 2.75) is 18.9 Å². The van der Waals surface area contributed by atoms with Gasteiger partial charge in [-0.15, -0.1) is 0 Å². The normalized spacial score (nSPS) is 29.6. The minimum atomic E-state index is -0.368. The molecule has 1 fully saturated rings. The van der Waals surface area contributed by atoms with Gasteiger partial charge in [-0.2, -0.15) is 0 Å². The second kappa shape index (κ2) is 2.13. The Balaban J connectivity index is 2.29. The maximum absolute atomic E-state index is 10.3. The van der Waals surface area contributed by atoms with Crippen LogP contribution < -0.4 is 5.32 Å². The second-order valence-electron chi connectivity index (χ2n) is 1.93. The maximum atomic E-state index is 10.3. The summed E-state index contributed by atoms with van der Waals surface area (Å²) in [6.45, 7) is 0.304. The molecule has 1 aliphatic heterocycles. The summed E-state index contributed by atoms with van der Waals surface area (Å²) in [5.74, 6) is -0.0738. The number of carbonyl (C=O) groups excluding carboxylic acids is 1. The lowest BCUT2D eigenvalue weighted by Gasteiger charge is -2.13. The molecule has 0 saturated carbocycles. The molecular weight excluding hydrogens is 106 g/mol.